The average molecular weight is 251 g/mol. The number of hydrogen-bond donors (Lipinski definition) is 1. The van der Waals surface area contributed by atoms with Crippen molar-refractivity contribution < 1.29 is 14.6 Å². The molecule has 0 spiro atoms. The molecule has 0 bridgehead atoms. The molecule has 0 aliphatic rings. The maximum atomic E-state index is 10.7. The number of methoxy groups -OCH3 is 1. The van der Waals surface area contributed by atoms with E-state index in [1.54, 1.807) is 14.2 Å². The van der Waals surface area contributed by atoms with Crippen molar-refractivity contribution in [1.82, 2.24) is 4.90 Å². The predicted octanol–water partition coefficient (Wildman–Crippen LogP) is 2.77. The number of ether oxygens (including phenoxy) is 1. The highest BCUT2D eigenvalue weighted by molar-refractivity contribution is 5.64. The Balaban J connectivity index is 2.94. The molecule has 0 saturated heterocycles. The van der Waals surface area contributed by atoms with Gasteiger partial charge in [-0.25, -0.2) is 4.79 Å². The number of nitrogens with zero attached hydrogens (tertiary/aromatic N) is 1. The first-order valence-corrected chi connectivity index (χ1v) is 5.96. The molecule has 0 heterocycles. The monoisotopic (exact) mass is 251 g/mol. The largest absolute Gasteiger partial charge is 0.496 e. The Bertz CT molecular complexity index is 455. The van der Waals surface area contributed by atoms with Crippen LogP contribution in [0.4, 0.5) is 4.79 Å². The van der Waals surface area contributed by atoms with Crippen LogP contribution < -0.4 is 4.74 Å². The van der Waals surface area contributed by atoms with E-state index >= 15 is 0 Å². The number of amides is 1. The van der Waals surface area contributed by atoms with Crippen LogP contribution in [0.3, 0.4) is 0 Å². The van der Waals surface area contributed by atoms with Crippen LogP contribution in [-0.4, -0.2) is 36.8 Å². The van der Waals surface area contributed by atoms with Gasteiger partial charge >= 0.3 is 6.09 Å². The fourth-order valence-electron chi connectivity index (χ4n) is 2.10. The molecular weight excluding hydrogens is 230 g/mol. The van der Waals surface area contributed by atoms with Crippen LogP contribution in [0.25, 0.3) is 0 Å². The Morgan fingerprint density at radius 2 is 1.94 bits per heavy atom. The lowest BCUT2D eigenvalue weighted by Crippen LogP contribution is -2.27. The molecule has 0 aliphatic carbocycles. The number of likely N-dealkylation sites (N-methyl/N-ethyl adjacent to an activating group) is 1. The van der Waals surface area contributed by atoms with Crippen LogP contribution in [0.5, 0.6) is 5.75 Å². The summed E-state index contributed by atoms with van der Waals surface area (Å²) in [5.74, 6) is 0.919. The van der Waals surface area contributed by atoms with Crippen LogP contribution >= 0.6 is 0 Å². The summed E-state index contributed by atoms with van der Waals surface area (Å²) in [6.45, 7) is 6.59. The van der Waals surface area contributed by atoms with Gasteiger partial charge in [-0.2, -0.15) is 0 Å². The molecule has 1 amide bonds. The molecule has 0 fully saturated rings. The third-order valence-electron chi connectivity index (χ3n) is 3.38. The van der Waals surface area contributed by atoms with Crippen LogP contribution in [0.15, 0.2) is 6.07 Å². The Morgan fingerprint density at radius 1 is 1.33 bits per heavy atom. The molecule has 0 aliphatic heterocycles. The third kappa shape index (κ3) is 2.94. The van der Waals surface area contributed by atoms with Crippen molar-refractivity contribution >= 4 is 6.09 Å². The van der Waals surface area contributed by atoms with E-state index < -0.39 is 6.09 Å². The Hall–Kier alpha value is -1.71. The summed E-state index contributed by atoms with van der Waals surface area (Å²) in [7, 11) is 3.26. The van der Waals surface area contributed by atoms with Crippen molar-refractivity contribution in [2.45, 2.75) is 27.2 Å². The molecule has 4 heteroatoms. The molecular formula is C14H21NO3. The number of benzene rings is 1. The second-order valence-electron chi connectivity index (χ2n) is 4.59. The molecule has 18 heavy (non-hydrogen) atoms. The van der Waals surface area contributed by atoms with Crippen molar-refractivity contribution in [2.24, 2.45) is 0 Å². The van der Waals surface area contributed by atoms with Gasteiger partial charge in [-0.15, -0.1) is 0 Å². The van der Waals surface area contributed by atoms with Crippen molar-refractivity contribution in [3.63, 3.8) is 0 Å². The number of carbonyl (C=O) groups is 1. The van der Waals surface area contributed by atoms with Crippen LogP contribution in [0.1, 0.15) is 22.3 Å². The van der Waals surface area contributed by atoms with E-state index in [1.807, 2.05) is 20.8 Å². The molecule has 1 rings (SSSR count). The molecule has 1 N–H and O–H groups in total. The lowest BCUT2D eigenvalue weighted by atomic mass is 9.96. The van der Waals surface area contributed by atoms with E-state index in [0.29, 0.717) is 6.54 Å². The highest BCUT2D eigenvalue weighted by atomic mass is 16.5. The second kappa shape index (κ2) is 5.76. The third-order valence-corrected chi connectivity index (χ3v) is 3.38. The average Bonchev–Trinajstić information content (AvgIpc) is 2.32. The highest BCUT2D eigenvalue weighted by Gasteiger charge is 2.12. The highest BCUT2D eigenvalue weighted by Crippen LogP contribution is 2.28. The topological polar surface area (TPSA) is 49.8 Å². The number of aryl methyl sites for hydroxylation is 1. The molecule has 4 nitrogen and oxygen atoms in total. The zero-order valence-corrected chi connectivity index (χ0v) is 11.7. The normalized spacial score (nSPS) is 10.3. The quantitative estimate of drug-likeness (QED) is 0.895. The number of carboxylic acid groups (broad SMARTS) is 1. The van der Waals surface area contributed by atoms with Gasteiger partial charge in [0.2, 0.25) is 0 Å². The summed E-state index contributed by atoms with van der Waals surface area (Å²) < 4.78 is 5.37. The lowest BCUT2D eigenvalue weighted by Gasteiger charge is -2.18. The van der Waals surface area contributed by atoms with E-state index in [-0.39, 0.29) is 0 Å². The minimum atomic E-state index is -0.894. The lowest BCUT2D eigenvalue weighted by molar-refractivity contribution is 0.156. The molecule has 0 saturated carbocycles. The van der Waals surface area contributed by atoms with Crippen molar-refractivity contribution in [2.75, 3.05) is 20.7 Å². The van der Waals surface area contributed by atoms with Crippen LogP contribution in [0.2, 0.25) is 0 Å². The van der Waals surface area contributed by atoms with E-state index in [1.165, 1.54) is 16.0 Å². The molecule has 100 valence electrons. The van der Waals surface area contributed by atoms with E-state index in [4.69, 9.17) is 9.84 Å². The van der Waals surface area contributed by atoms with Gasteiger partial charge in [0.25, 0.3) is 0 Å². The number of hydrogen-bond acceptors (Lipinski definition) is 2. The second-order valence-corrected chi connectivity index (χ2v) is 4.59. The molecule has 0 radical (unpaired) electrons. The summed E-state index contributed by atoms with van der Waals surface area (Å²) in [4.78, 5) is 12.0. The van der Waals surface area contributed by atoms with E-state index in [0.717, 1.165) is 23.3 Å². The SMILES string of the molecule is COc1c(C)cc(CCN(C)C(=O)O)c(C)c1C. The first-order valence-electron chi connectivity index (χ1n) is 5.96. The van der Waals surface area contributed by atoms with Gasteiger partial charge in [-0.3, -0.25) is 0 Å². The minimum Gasteiger partial charge on any atom is -0.496 e. The van der Waals surface area contributed by atoms with Gasteiger partial charge in [-0.1, -0.05) is 6.07 Å². The first-order chi connectivity index (χ1) is 8.38. The van der Waals surface area contributed by atoms with Gasteiger partial charge in [0.15, 0.2) is 0 Å². The van der Waals surface area contributed by atoms with Crippen molar-refractivity contribution in [3.8, 4) is 5.75 Å². The van der Waals surface area contributed by atoms with Crippen molar-refractivity contribution in [1.29, 1.82) is 0 Å². The first kappa shape index (κ1) is 14.4. The van der Waals surface area contributed by atoms with Gasteiger partial charge < -0.3 is 14.7 Å². The zero-order chi connectivity index (χ0) is 13.9. The summed E-state index contributed by atoms with van der Waals surface area (Å²) in [5, 5.41) is 8.83. The van der Waals surface area contributed by atoms with E-state index in [9.17, 15) is 4.79 Å². The maximum Gasteiger partial charge on any atom is 0.407 e. The fourth-order valence-corrected chi connectivity index (χ4v) is 2.10. The minimum absolute atomic E-state index is 0.501. The van der Waals surface area contributed by atoms with E-state index in [2.05, 4.69) is 6.07 Å². The Kier molecular flexibility index (Phi) is 4.59. The van der Waals surface area contributed by atoms with Crippen molar-refractivity contribution in [3.05, 3.63) is 28.3 Å². The molecule has 0 unspecified atom stereocenters. The van der Waals surface area contributed by atoms with Gasteiger partial charge in [0.1, 0.15) is 5.75 Å². The molecule has 1 aromatic carbocycles. The summed E-state index contributed by atoms with van der Waals surface area (Å²) in [6.07, 6.45) is -0.171. The van der Waals surface area contributed by atoms with Gasteiger partial charge in [0, 0.05) is 13.6 Å². The Labute approximate surface area is 108 Å². The van der Waals surface area contributed by atoms with Crippen LogP contribution in [-0.2, 0) is 6.42 Å². The zero-order valence-electron chi connectivity index (χ0n) is 11.7. The smallest absolute Gasteiger partial charge is 0.407 e. The Morgan fingerprint density at radius 3 is 2.44 bits per heavy atom. The number of rotatable bonds is 4. The summed E-state index contributed by atoms with van der Waals surface area (Å²) in [6, 6.07) is 2.08. The van der Waals surface area contributed by atoms with Gasteiger partial charge in [0.05, 0.1) is 7.11 Å². The van der Waals surface area contributed by atoms with Gasteiger partial charge in [-0.05, 0) is 49.4 Å². The predicted molar refractivity (Wildman–Crippen MR) is 71.6 cm³/mol. The standard InChI is InChI=1S/C14H21NO3/c1-9-8-12(6-7-15(4)14(16)17)10(2)11(3)13(9)18-5/h8H,6-7H2,1-5H3,(H,16,17). The molecule has 0 aromatic heterocycles. The maximum absolute atomic E-state index is 10.7. The summed E-state index contributed by atoms with van der Waals surface area (Å²) >= 11 is 0. The fraction of sp³-hybridized carbons (Fsp3) is 0.500. The van der Waals surface area contributed by atoms with Crippen LogP contribution in [0, 0.1) is 20.8 Å². The molecule has 0 atom stereocenters. The summed E-state index contributed by atoms with van der Waals surface area (Å²) in [5.41, 5.74) is 4.58. The molecule has 1 aromatic rings.